The molecule has 3 rings (SSSR count). The van der Waals surface area contributed by atoms with Crippen LogP contribution in [0.2, 0.25) is 0 Å². The molecule has 0 fully saturated rings. The molecule has 1 aromatic heterocycles. The Labute approximate surface area is 147 Å². The average Bonchev–Trinajstić information content (AvgIpc) is 3.18. The van der Waals surface area contributed by atoms with E-state index < -0.39 is 0 Å². The summed E-state index contributed by atoms with van der Waals surface area (Å²) in [6.07, 6.45) is 4.40. The predicted octanol–water partition coefficient (Wildman–Crippen LogP) is 2.94. The van der Waals surface area contributed by atoms with Crippen LogP contribution in [-0.2, 0) is 24.3 Å². The summed E-state index contributed by atoms with van der Waals surface area (Å²) in [6, 6.07) is 20.4. The van der Waals surface area contributed by atoms with Gasteiger partial charge in [0.15, 0.2) is 0 Å². The monoisotopic (exact) mass is 334 g/mol. The number of nitrogens with zero attached hydrogens (tertiary/aromatic N) is 4. The molecule has 3 aromatic rings. The van der Waals surface area contributed by atoms with Crippen LogP contribution in [0.3, 0.4) is 0 Å². The molecule has 0 saturated heterocycles. The lowest BCUT2D eigenvalue weighted by molar-refractivity contribution is -0.132. The zero-order valence-corrected chi connectivity index (χ0v) is 14.2. The number of aromatic nitrogens is 3. The molecular weight excluding hydrogens is 312 g/mol. The Hall–Kier alpha value is -2.95. The Kier molecular flexibility index (Phi) is 5.93. The highest BCUT2D eigenvalue weighted by molar-refractivity contribution is 5.76. The van der Waals surface area contributed by atoms with Gasteiger partial charge in [-0.3, -0.25) is 9.48 Å². The van der Waals surface area contributed by atoms with Gasteiger partial charge in [0.1, 0.15) is 12.7 Å². The average molecular weight is 334 g/mol. The number of carbonyl (C=O) groups is 1. The van der Waals surface area contributed by atoms with Gasteiger partial charge in [-0.15, -0.1) is 0 Å². The highest BCUT2D eigenvalue weighted by Crippen LogP contribution is 2.09. The molecular formula is C20H22N4O. The zero-order valence-electron chi connectivity index (χ0n) is 14.2. The third-order valence-corrected chi connectivity index (χ3v) is 4.10. The summed E-state index contributed by atoms with van der Waals surface area (Å²) < 4.78 is 1.69. The minimum absolute atomic E-state index is 0.135. The summed E-state index contributed by atoms with van der Waals surface area (Å²) >= 11 is 0. The Morgan fingerprint density at radius 2 is 1.64 bits per heavy atom. The molecule has 5 heteroatoms. The van der Waals surface area contributed by atoms with E-state index in [4.69, 9.17) is 0 Å². The summed E-state index contributed by atoms with van der Waals surface area (Å²) in [7, 11) is 0. The van der Waals surface area contributed by atoms with E-state index in [2.05, 4.69) is 34.3 Å². The minimum atomic E-state index is 0.135. The van der Waals surface area contributed by atoms with Crippen molar-refractivity contribution in [2.75, 3.05) is 6.54 Å². The van der Waals surface area contributed by atoms with E-state index in [1.807, 2.05) is 41.3 Å². The fraction of sp³-hybridized carbons (Fsp3) is 0.250. The van der Waals surface area contributed by atoms with E-state index in [-0.39, 0.29) is 5.91 Å². The molecule has 0 N–H and O–H groups in total. The maximum Gasteiger partial charge on any atom is 0.224 e. The molecule has 0 aliphatic heterocycles. The zero-order chi connectivity index (χ0) is 17.3. The van der Waals surface area contributed by atoms with Gasteiger partial charge in [0, 0.05) is 19.5 Å². The third kappa shape index (κ3) is 5.28. The molecule has 0 atom stereocenters. The van der Waals surface area contributed by atoms with Crippen molar-refractivity contribution in [2.24, 2.45) is 0 Å². The fourth-order valence-corrected chi connectivity index (χ4v) is 2.72. The maximum absolute atomic E-state index is 12.7. The summed E-state index contributed by atoms with van der Waals surface area (Å²) in [4.78, 5) is 18.6. The Balaban J connectivity index is 1.63. The predicted molar refractivity (Wildman–Crippen MR) is 96.6 cm³/mol. The van der Waals surface area contributed by atoms with Gasteiger partial charge in [-0.1, -0.05) is 60.7 Å². The second-order valence-corrected chi connectivity index (χ2v) is 5.95. The molecule has 0 aliphatic carbocycles. The first kappa shape index (κ1) is 16.9. The lowest BCUT2D eigenvalue weighted by Gasteiger charge is -2.23. The van der Waals surface area contributed by atoms with Gasteiger partial charge in [0.05, 0.1) is 6.54 Å². The molecule has 1 heterocycles. The Bertz CT molecular complexity index is 757. The summed E-state index contributed by atoms with van der Waals surface area (Å²) in [5.41, 5.74) is 2.38. The van der Waals surface area contributed by atoms with Crippen LogP contribution >= 0.6 is 0 Å². The van der Waals surface area contributed by atoms with Crippen molar-refractivity contribution in [3.8, 4) is 0 Å². The second-order valence-electron chi connectivity index (χ2n) is 5.95. The maximum atomic E-state index is 12.7. The highest BCUT2D eigenvalue weighted by atomic mass is 16.2. The van der Waals surface area contributed by atoms with Crippen molar-refractivity contribution in [1.29, 1.82) is 0 Å². The first-order valence-electron chi connectivity index (χ1n) is 8.49. The van der Waals surface area contributed by atoms with Crippen LogP contribution in [0.4, 0.5) is 0 Å². The van der Waals surface area contributed by atoms with Gasteiger partial charge in [0.25, 0.3) is 0 Å². The molecule has 0 bridgehead atoms. The smallest absolute Gasteiger partial charge is 0.224 e. The van der Waals surface area contributed by atoms with Crippen LogP contribution in [-0.4, -0.2) is 32.1 Å². The van der Waals surface area contributed by atoms with Gasteiger partial charge in [-0.2, -0.15) is 5.10 Å². The quantitative estimate of drug-likeness (QED) is 0.636. The summed E-state index contributed by atoms with van der Waals surface area (Å²) in [5.74, 6) is 0.135. The highest BCUT2D eigenvalue weighted by Gasteiger charge is 2.14. The lowest BCUT2D eigenvalue weighted by Crippen LogP contribution is -2.33. The van der Waals surface area contributed by atoms with E-state index in [9.17, 15) is 4.79 Å². The minimum Gasteiger partial charge on any atom is -0.338 e. The van der Waals surface area contributed by atoms with E-state index in [0.29, 0.717) is 26.1 Å². The van der Waals surface area contributed by atoms with Crippen molar-refractivity contribution in [1.82, 2.24) is 19.7 Å². The van der Waals surface area contributed by atoms with E-state index in [1.54, 1.807) is 11.0 Å². The summed E-state index contributed by atoms with van der Waals surface area (Å²) in [5, 5.41) is 4.06. The summed E-state index contributed by atoms with van der Waals surface area (Å²) in [6.45, 7) is 1.88. The van der Waals surface area contributed by atoms with Gasteiger partial charge in [-0.05, 0) is 17.5 Å². The van der Waals surface area contributed by atoms with Crippen LogP contribution in [0, 0.1) is 0 Å². The first-order valence-corrected chi connectivity index (χ1v) is 8.49. The molecule has 2 aromatic carbocycles. The van der Waals surface area contributed by atoms with Gasteiger partial charge < -0.3 is 4.90 Å². The van der Waals surface area contributed by atoms with Gasteiger partial charge >= 0.3 is 0 Å². The number of hydrogen-bond donors (Lipinski definition) is 0. The van der Waals surface area contributed by atoms with E-state index >= 15 is 0 Å². The third-order valence-electron chi connectivity index (χ3n) is 4.10. The molecule has 1 amide bonds. The van der Waals surface area contributed by atoms with Gasteiger partial charge in [-0.25, -0.2) is 4.98 Å². The number of rotatable bonds is 8. The molecule has 0 saturated carbocycles. The molecule has 25 heavy (non-hydrogen) atoms. The number of hydrogen-bond acceptors (Lipinski definition) is 3. The first-order chi connectivity index (χ1) is 12.3. The van der Waals surface area contributed by atoms with Crippen molar-refractivity contribution in [3.63, 3.8) is 0 Å². The lowest BCUT2D eigenvalue weighted by atomic mass is 10.1. The number of aryl methyl sites for hydroxylation is 1. The molecule has 5 nitrogen and oxygen atoms in total. The van der Waals surface area contributed by atoms with Crippen LogP contribution in [0.25, 0.3) is 0 Å². The topological polar surface area (TPSA) is 51.0 Å². The van der Waals surface area contributed by atoms with Crippen molar-refractivity contribution in [3.05, 3.63) is 84.4 Å². The van der Waals surface area contributed by atoms with Crippen molar-refractivity contribution >= 4 is 5.91 Å². The molecule has 0 unspecified atom stereocenters. The number of amides is 1. The Morgan fingerprint density at radius 1 is 0.960 bits per heavy atom. The molecule has 128 valence electrons. The SMILES string of the molecule is O=C(CCn1cncn1)N(CCc1ccccc1)Cc1ccccc1. The standard InChI is InChI=1S/C20H22N4O/c25-20(12-14-24-17-21-16-22-24)23(15-19-9-5-2-6-10-19)13-11-18-7-3-1-4-8-18/h1-10,16-17H,11-15H2. The second kappa shape index (κ2) is 8.78. The van der Waals surface area contributed by atoms with Crippen molar-refractivity contribution < 1.29 is 4.79 Å². The van der Waals surface area contributed by atoms with Crippen LogP contribution in [0.15, 0.2) is 73.3 Å². The van der Waals surface area contributed by atoms with Gasteiger partial charge in [0.2, 0.25) is 5.91 Å². The molecule has 0 radical (unpaired) electrons. The van der Waals surface area contributed by atoms with Crippen LogP contribution < -0.4 is 0 Å². The Morgan fingerprint density at radius 3 is 2.28 bits per heavy atom. The molecule has 0 spiro atoms. The van der Waals surface area contributed by atoms with Crippen LogP contribution in [0.1, 0.15) is 17.5 Å². The van der Waals surface area contributed by atoms with Crippen molar-refractivity contribution in [2.45, 2.75) is 25.9 Å². The normalized spacial score (nSPS) is 10.6. The van der Waals surface area contributed by atoms with E-state index in [1.165, 1.54) is 11.9 Å². The van der Waals surface area contributed by atoms with E-state index in [0.717, 1.165) is 12.0 Å². The number of benzene rings is 2. The number of carbonyl (C=O) groups excluding carboxylic acids is 1. The fourth-order valence-electron chi connectivity index (χ4n) is 2.72. The van der Waals surface area contributed by atoms with Crippen LogP contribution in [0.5, 0.6) is 0 Å². The molecule has 0 aliphatic rings. The largest absolute Gasteiger partial charge is 0.338 e.